The van der Waals surface area contributed by atoms with Gasteiger partial charge in [0.25, 0.3) is 0 Å². The van der Waals surface area contributed by atoms with Crippen molar-refractivity contribution in [3.05, 3.63) is 101 Å². The van der Waals surface area contributed by atoms with Gasteiger partial charge in [-0.25, -0.2) is 4.98 Å². The van der Waals surface area contributed by atoms with E-state index in [0.717, 1.165) is 16.3 Å². The smallest absolute Gasteiger partial charge is 0.222 e. The average Bonchev–Trinajstić information content (AvgIpc) is 2.70. The van der Waals surface area contributed by atoms with Gasteiger partial charge < -0.3 is 15.8 Å². The highest BCUT2D eigenvalue weighted by atomic mass is 35.5. The van der Waals surface area contributed by atoms with Crippen LogP contribution in [0.2, 0.25) is 0 Å². The maximum atomic E-state index is 6.44. The zero-order chi connectivity index (χ0) is 22.4. The monoisotopic (exact) mass is 453 g/mol. The highest BCUT2D eigenvalue weighted by molar-refractivity contribution is 6.32. The summed E-state index contributed by atoms with van der Waals surface area (Å²) in [5, 5.41) is 5.78. The number of nitrogens with two attached hydrogens (primary N) is 1. The van der Waals surface area contributed by atoms with E-state index in [1.54, 1.807) is 24.4 Å². The summed E-state index contributed by atoms with van der Waals surface area (Å²) >= 11 is 12.4. The summed E-state index contributed by atoms with van der Waals surface area (Å²) in [5.41, 5.74) is 7.96. The molecule has 0 aliphatic carbocycles. The number of nitrogens with zero attached hydrogens (tertiary/aromatic N) is 3. The van der Waals surface area contributed by atoms with E-state index in [2.05, 4.69) is 33.4 Å². The summed E-state index contributed by atoms with van der Waals surface area (Å²) in [5.74, 6) is 0.949. The second-order valence-corrected chi connectivity index (χ2v) is 7.54. The van der Waals surface area contributed by atoms with E-state index in [1.807, 2.05) is 37.4 Å². The molecule has 0 bridgehead atoms. The Morgan fingerprint density at radius 3 is 2.74 bits per heavy atom. The van der Waals surface area contributed by atoms with Crippen LogP contribution in [0.15, 0.2) is 89.6 Å². The van der Waals surface area contributed by atoms with Gasteiger partial charge in [0.1, 0.15) is 18.2 Å². The Morgan fingerprint density at radius 1 is 1.19 bits per heavy atom. The first-order valence-corrected chi connectivity index (χ1v) is 10.0. The van der Waals surface area contributed by atoms with Crippen LogP contribution in [0, 0.1) is 6.92 Å². The molecular formula is C23H21Cl2N5O. The molecule has 2 heterocycles. The van der Waals surface area contributed by atoms with Gasteiger partial charge in [-0.2, -0.15) is 4.98 Å². The minimum Gasteiger partial charge on any atom is -0.488 e. The number of anilines is 2. The van der Waals surface area contributed by atoms with Crippen LogP contribution in [-0.4, -0.2) is 15.0 Å². The van der Waals surface area contributed by atoms with Gasteiger partial charge in [0.05, 0.1) is 5.03 Å². The number of nitrogen functional groups attached to an aromatic ring is 1. The summed E-state index contributed by atoms with van der Waals surface area (Å²) in [6, 6.07) is 9.62. The van der Waals surface area contributed by atoms with Crippen molar-refractivity contribution in [3.63, 3.8) is 0 Å². The Hall–Kier alpha value is -3.35. The standard InChI is InChI=1S/C23H21Cl2N5O/c1-14(24)9-19(29-22-10-15(2)28-23(26)30-22)11-21(25)16(3)31-13-18-6-4-5-17-12-27-8-7-20(17)18/h4-12H,1,3,13H2,2H3,(H3,26,28,29,30)/b19-9+,21-11+. The molecule has 2 aromatic heterocycles. The van der Waals surface area contributed by atoms with Crippen molar-refractivity contribution in [1.82, 2.24) is 15.0 Å². The zero-order valence-electron chi connectivity index (χ0n) is 16.9. The molecule has 3 aromatic rings. The normalized spacial score (nSPS) is 12.0. The number of benzene rings is 1. The number of fused-ring (bicyclic) bond motifs is 1. The number of aryl methyl sites for hydroxylation is 1. The zero-order valence-corrected chi connectivity index (χ0v) is 18.4. The highest BCUT2D eigenvalue weighted by Gasteiger charge is 2.08. The molecule has 31 heavy (non-hydrogen) atoms. The van der Waals surface area contributed by atoms with Crippen LogP contribution in [0.25, 0.3) is 10.8 Å². The van der Waals surface area contributed by atoms with Crippen LogP contribution in [-0.2, 0) is 11.3 Å². The van der Waals surface area contributed by atoms with Crippen molar-refractivity contribution in [2.24, 2.45) is 0 Å². The lowest BCUT2D eigenvalue weighted by Gasteiger charge is -2.12. The van der Waals surface area contributed by atoms with Crippen molar-refractivity contribution in [2.45, 2.75) is 13.5 Å². The van der Waals surface area contributed by atoms with Gasteiger partial charge in [0.2, 0.25) is 5.95 Å². The number of halogens is 2. The molecule has 0 saturated heterocycles. The molecule has 0 fully saturated rings. The number of nitrogens with one attached hydrogen (secondary N) is 1. The number of hydrogen-bond acceptors (Lipinski definition) is 6. The van der Waals surface area contributed by atoms with E-state index in [1.165, 1.54) is 0 Å². The topological polar surface area (TPSA) is 86.0 Å². The Labute approximate surface area is 190 Å². The molecule has 0 saturated carbocycles. The molecule has 0 spiro atoms. The fourth-order valence-corrected chi connectivity index (χ4v) is 3.14. The number of pyridine rings is 1. The molecule has 0 amide bonds. The first-order valence-electron chi connectivity index (χ1n) is 9.27. The first-order chi connectivity index (χ1) is 14.8. The molecule has 0 aliphatic heterocycles. The Morgan fingerprint density at radius 2 is 2.00 bits per heavy atom. The van der Waals surface area contributed by atoms with Crippen LogP contribution in [0.3, 0.4) is 0 Å². The quantitative estimate of drug-likeness (QED) is 0.330. The molecule has 3 N–H and O–H groups in total. The lowest BCUT2D eigenvalue weighted by molar-refractivity contribution is 0.212. The van der Waals surface area contributed by atoms with Crippen molar-refractivity contribution in [3.8, 4) is 0 Å². The lowest BCUT2D eigenvalue weighted by Crippen LogP contribution is -2.05. The molecule has 0 aliphatic rings. The lowest BCUT2D eigenvalue weighted by atomic mass is 10.1. The van der Waals surface area contributed by atoms with E-state index in [0.29, 0.717) is 34.6 Å². The fraction of sp³-hybridized carbons (Fsp3) is 0.0870. The molecule has 6 nitrogen and oxygen atoms in total. The van der Waals surface area contributed by atoms with Crippen LogP contribution < -0.4 is 11.1 Å². The van der Waals surface area contributed by atoms with E-state index < -0.39 is 0 Å². The van der Waals surface area contributed by atoms with Gasteiger partial charge in [-0.1, -0.05) is 54.6 Å². The van der Waals surface area contributed by atoms with Crippen molar-refractivity contribution in [1.29, 1.82) is 0 Å². The number of rotatable bonds is 8. The maximum Gasteiger partial charge on any atom is 0.222 e. The van der Waals surface area contributed by atoms with Gasteiger partial charge in [0.15, 0.2) is 0 Å². The summed E-state index contributed by atoms with van der Waals surface area (Å²) in [6.07, 6.45) is 6.78. The van der Waals surface area contributed by atoms with Gasteiger partial charge >= 0.3 is 0 Å². The van der Waals surface area contributed by atoms with Crippen LogP contribution in [0.4, 0.5) is 11.8 Å². The third-order valence-corrected chi connectivity index (χ3v) is 4.61. The predicted molar refractivity (Wildman–Crippen MR) is 127 cm³/mol. The molecule has 3 rings (SSSR count). The Balaban J connectivity index is 1.75. The van der Waals surface area contributed by atoms with Gasteiger partial charge in [-0.3, -0.25) is 4.98 Å². The Bertz CT molecular complexity index is 1180. The molecule has 158 valence electrons. The fourth-order valence-electron chi connectivity index (χ4n) is 2.85. The van der Waals surface area contributed by atoms with E-state index in [4.69, 9.17) is 33.7 Å². The van der Waals surface area contributed by atoms with E-state index in [-0.39, 0.29) is 11.0 Å². The Kier molecular flexibility index (Phi) is 7.28. The number of hydrogen-bond donors (Lipinski definition) is 2. The van der Waals surface area contributed by atoms with Gasteiger partial charge in [-0.05, 0) is 36.1 Å². The van der Waals surface area contributed by atoms with Crippen molar-refractivity contribution in [2.75, 3.05) is 11.1 Å². The number of ether oxygens (including phenoxy) is 1. The van der Waals surface area contributed by atoms with E-state index >= 15 is 0 Å². The first kappa shape index (κ1) is 22.3. The van der Waals surface area contributed by atoms with Crippen molar-refractivity contribution >= 4 is 45.7 Å². The van der Waals surface area contributed by atoms with Gasteiger partial charge in [0, 0.05) is 40.3 Å². The third kappa shape index (κ3) is 6.31. The molecule has 0 unspecified atom stereocenters. The summed E-state index contributed by atoms with van der Waals surface area (Å²) in [6.45, 7) is 9.74. The number of allylic oxidation sites excluding steroid dienone is 4. The third-order valence-electron chi connectivity index (χ3n) is 4.18. The minimum absolute atomic E-state index is 0.152. The average molecular weight is 454 g/mol. The summed E-state index contributed by atoms with van der Waals surface area (Å²) in [4.78, 5) is 12.3. The van der Waals surface area contributed by atoms with Gasteiger partial charge in [-0.15, -0.1) is 0 Å². The molecule has 0 atom stereocenters. The molecule has 0 radical (unpaired) electrons. The number of aromatic nitrogens is 3. The largest absolute Gasteiger partial charge is 0.488 e. The minimum atomic E-state index is 0.152. The van der Waals surface area contributed by atoms with Crippen LogP contribution in [0.1, 0.15) is 11.3 Å². The molecule has 8 heteroatoms. The summed E-state index contributed by atoms with van der Waals surface area (Å²) in [7, 11) is 0. The van der Waals surface area contributed by atoms with E-state index in [9.17, 15) is 0 Å². The molecular weight excluding hydrogens is 433 g/mol. The molecule has 1 aromatic carbocycles. The van der Waals surface area contributed by atoms with Crippen LogP contribution >= 0.6 is 23.2 Å². The van der Waals surface area contributed by atoms with Crippen molar-refractivity contribution < 1.29 is 4.74 Å². The highest BCUT2D eigenvalue weighted by Crippen LogP contribution is 2.23. The second kappa shape index (κ2) is 10.1. The maximum absolute atomic E-state index is 6.44. The predicted octanol–water partition coefficient (Wildman–Crippen LogP) is 5.82. The SMILES string of the molecule is C=C(Cl)/C=C(\C=C(\Cl)C(=C)OCc1cccc2cnccc12)Nc1cc(C)nc(N)n1. The summed E-state index contributed by atoms with van der Waals surface area (Å²) < 4.78 is 5.82. The van der Waals surface area contributed by atoms with Crippen LogP contribution in [0.5, 0.6) is 0 Å². The second-order valence-electron chi connectivity index (χ2n) is 6.64.